The Morgan fingerprint density at radius 1 is 1.67 bits per heavy atom. The summed E-state index contributed by atoms with van der Waals surface area (Å²) in [6.07, 6.45) is 0. The van der Waals surface area contributed by atoms with Crippen molar-refractivity contribution < 1.29 is 72.9 Å². The predicted octanol–water partition coefficient (Wildman–Crippen LogP) is -4.74. The maximum Gasteiger partial charge on any atom is 1.00 e. The van der Waals surface area contributed by atoms with E-state index in [0.29, 0.717) is 11.3 Å². The largest absolute Gasteiger partial charge is 1.00 e. The average Bonchev–Trinajstić information content (AvgIpc) is 2.15. The first kappa shape index (κ1) is 13.9. The van der Waals surface area contributed by atoms with E-state index in [4.69, 9.17) is 5.73 Å². The van der Waals surface area contributed by atoms with Crippen LogP contribution in [0.1, 0.15) is 6.92 Å². The van der Waals surface area contributed by atoms with Gasteiger partial charge in [0, 0.05) is 5.75 Å². The first-order valence-electron chi connectivity index (χ1n) is 4.15. The van der Waals surface area contributed by atoms with Crippen molar-refractivity contribution in [1.82, 2.24) is 4.90 Å². The van der Waals surface area contributed by atoms with Crippen molar-refractivity contribution in [1.29, 1.82) is 0 Å². The van der Waals surface area contributed by atoms with Crippen LogP contribution in [0, 0.1) is 0 Å². The second-order valence-electron chi connectivity index (χ2n) is 3.35. The number of carboxylic acids is 1. The molecular formula is C8H9N2O3RbS. The van der Waals surface area contributed by atoms with Crippen molar-refractivity contribution in [3.05, 3.63) is 11.3 Å². The number of thioether (sulfide) groups is 1. The van der Waals surface area contributed by atoms with Gasteiger partial charge >= 0.3 is 58.2 Å². The monoisotopic (exact) mass is 298 g/mol. The van der Waals surface area contributed by atoms with E-state index in [1.807, 2.05) is 0 Å². The number of carboxylic acid groups (broad SMARTS) is 1. The third kappa shape index (κ3) is 2.12. The van der Waals surface area contributed by atoms with Crippen molar-refractivity contribution in [3.8, 4) is 0 Å². The van der Waals surface area contributed by atoms with Gasteiger partial charge in [0.2, 0.25) is 5.91 Å². The fourth-order valence-electron chi connectivity index (χ4n) is 1.66. The third-order valence-corrected chi connectivity index (χ3v) is 3.84. The average molecular weight is 299 g/mol. The van der Waals surface area contributed by atoms with Gasteiger partial charge in [-0.2, -0.15) is 0 Å². The summed E-state index contributed by atoms with van der Waals surface area (Å²) in [4.78, 5) is 23.3. The van der Waals surface area contributed by atoms with Crippen LogP contribution in [0.5, 0.6) is 0 Å². The van der Waals surface area contributed by atoms with Crippen molar-refractivity contribution in [2.24, 2.45) is 5.73 Å². The Morgan fingerprint density at radius 3 is 2.80 bits per heavy atom. The number of carbonyl (C=O) groups is 2. The fourth-order valence-corrected chi connectivity index (χ4v) is 2.90. The molecule has 5 nitrogen and oxygen atoms in total. The molecule has 76 valence electrons. The quantitative estimate of drug-likeness (QED) is 0.491. The van der Waals surface area contributed by atoms with Crippen LogP contribution in [0.2, 0.25) is 0 Å². The van der Waals surface area contributed by atoms with Gasteiger partial charge in [-0.25, -0.2) is 0 Å². The van der Waals surface area contributed by atoms with E-state index < -0.39 is 12.0 Å². The Hall–Kier alpha value is 0.795. The van der Waals surface area contributed by atoms with Gasteiger partial charge in [0.1, 0.15) is 11.4 Å². The molecule has 1 saturated heterocycles. The molecule has 0 spiro atoms. The molecule has 2 heterocycles. The minimum absolute atomic E-state index is 0. The van der Waals surface area contributed by atoms with Crippen LogP contribution in [-0.2, 0) is 9.59 Å². The number of carbonyl (C=O) groups excluding carboxylic acids is 2. The molecule has 2 N–H and O–H groups in total. The van der Waals surface area contributed by atoms with Crippen LogP contribution in [0.25, 0.3) is 0 Å². The predicted molar refractivity (Wildman–Crippen MR) is 48.8 cm³/mol. The first-order valence-corrected chi connectivity index (χ1v) is 5.20. The summed E-state index contributed by atoms with van der Waals surface area (Å²) in [7, 11) is 0. The Bertz CT molecular complexity index is 358. The van der Waals surface area contributed by atoms with Gasteiger partial charge in [0.25, 0.3) is 0 Å². The summed E-state index contributed by atoms with van der Waals surface area (Å²) in [6.45, 7) is 1.69. The van der Waals surface area contributed by atoms with Gasteiger partial charge in [0.15, 0.2) is 0 Å². The van der Waals surface area contributed by atoms with Gasteiger partial charge in [-0.05, 0) is 12.5 Å². The molecule has 0 aromatic carbocycles. The van der Waals surface area contributed by atoms with Crippen molar-refractivity contribution in [3.63, 3.8) is 0 Å². The summed E-state index contributed by atoms with van der Waals surface area (Å²) in [5.41, 5.74) is 6.20. The second-order valence-corrected chi connectivity index (χ2v) is 4.46. The summed E-state index contributed by atoms with van der Waals surface area (Å²) in [5.74, 6) is -1.04. The van der Waals surface area contributed by atoms with Gasteiger partial charge in [-0.3, -0.25) is 9.69 Å². The van der Waals surface area contributed by atoms with E-state index in [0.717, 1.165) is 0 Å². The third-order valence-electron chi connectivity index (χ3n) is 2.39. The molecule has 0 saturated carbocycles. The normalized spacial score (nSPS) is 29.2. The van der Waals surface area contributed by atoms with Gasteiger partial charge < -0.3 is 15.6 Å². The maximum absolute atomic E-state index is 11.3. The molecule has 15 heavy (non-hydrogen) atoms. The summed E-state index contributed by atoms with van der Waals surface area (Å²) >= 11 is 1.49. The minimum Gasteiger partial charge on any atom is -0.543 e. The fraction of sp³-hybridized carbons (Fsp3) is 0.500. The van der Waals surface area contributed by atoms with E-state index in [1.54, 1.807) is 6.92 Å². The molecule has 0 radical (unpaired) electrons. The number of fused-ring (bicyclic) bond motifs is 1. The molecule has 2 atom stereocenters. The smallest absolute Gasteiger partial charge is 0.543 e. The summed E-state index contributed by atoms with van der Waals surface area (Å²) < 4.78 is 0. The van der Waals surface area contributed by atoms with Gasteiger partial charge in [-0.15, -0.1) is 11.8 Å². The Labute approximate surface area is 140 Å². The standard InChI is InChI=1S/C8H10N2O3S.Rb/c1-3-2-14-7-4(9)6(11)10(7)5(3)8(12)13;/h4,7H,2,9H2,1H3,(H,12,13);/q;+1/p-1. The molecule has 0 aliphatic carbocycles. The molecule has 0 aromatic rings. The van der Waals surface area contributed by atoms with E-state index in [1.165, 1.54) is 16.7 Å². The Morgan fingerprint density at radius 2 is 2.27 bits per heavy atom. The number of rotatable bonds is 1. The first-order chi connectivity index (χ1) is 6.54. The zero-order chi connectivity index (χ0) is 10.5. The van der Waals surface area contributed by atoms with E-state index in [9.17, 15) is 14.7 Å². The van der Waals surface area contributed by atoms with Crippen LogP contribution in [-0.4, -0.2) is 33.9 Å². The molecule has 2 unspecified atom stereocenters. The molecule has 2 aliphatic rings. The number of amides is 1. The van der Waals surface area contributed by atoms with Crippen LogP contribution in [0.3, 0.4) is 0 Å². The zero-order valence-electron chi connectivity index (χ0n) is 8.52. The molecule has 2 aliphatic heterocycles. The van der Waals surface area contributed by atoms with Crippen LogP contribution in [0.15, 0.2) is 11.3 Å². The van der Waals surface area contributed by atoms with Crippen molar-refractivity contribution in [2.45, 2.75) is 18.3 Å². The summed E-state index contributed by atoms with van der Waals surface area (Å²) in [6, 6.07) is -0.567. The molecule has 0 aromatic heterocycles. The molecule has 7 heteroatoms. The van der Waals surface area contributed by atoms with Crippen molar-refractivity contribution >= 4 is 23.6 Å². The second kappa shape index (κ2) is 4.97. The Balaban J connectivity index is 0.00000112. The van der Waals surface area contributed by atoms with E-state index in [-0.39, 0.29) is 75.2 Å². The minimum atomic E-state index is -1.30. The molecule has 1 fully saturated rings. The zero-order valence-corrected chi connectivity index (χ0v) is 14.3. The van der Waals surface area contributed by atoms with Gasteiger partial charge in [-0.1, -0.05) is 0 Å². The number of aliphatic carboxylic acids is 1. The van der Waals surface area contributed by atoms with E-state index in [2.05, 4.69) is 0 Å². The van der Waals surface area contributed by atoms with Crippen LogP contribution < -0.4 is 69.0 Å². The van der Waals surface area contributed by atoms with Gasteiger partial charge in [0.05, 0.1) is 11.7 Å². The molecule has 2 rings (SSSR count). The molecular weight excluding hydrogens is 290 g/mol. The topological polar surface area (TPSA) is 86.5 Å². The molecule has 0 bridgehead atoms. The summed E-state index contributed by atoms with van der Waals surface area (Å²) in [5, 5.41) is 10.6. The SMILES string of the molecule is CC1=C(C(=O)[O-])N2C(=O)C(N)C2SC1.[Rb+]. The number of hydrogen-bond acceptors (Lipinski definition) is 5. The number of hydrogen-bond donors (Lipinski definition) is 1. The number of nitrogens with two attached hydrogens (primary N) is 1. The number of nitrogens with zero attached hydrogens (tertiary/aromatic N) is 1. The van der Waals surface area contributed by atoms with E-state index >= 15 is 0 Å². The molecule has 1 amide bonds. The number of β-lactam (4-membered cyclic amide) rings is 1. The van der Waals surface area contributed by atoms with Crippen molar-refractivity contribution in [2.75, 3.05) is 5.75 Å². The van der Waals surface area contributed by atoms with Crippen LogP contribution >= 0.6 is 11.8 Å². The van der Waals surface area contributed by atoms with Crippen LogP contribution in [0.4, 0.5) is 0 Å². The maximum atomic E-state index is 11.3. The Kier molecular flexibility index (Phi) is 4.59.